The maximum atomic E-state index is 12.5. The number of methoxy groups -OCH3 is 2. The Labute approximate surface area is 251 Å². The van der Waals surface area contributed by atoms with Crippen molar-refractivity contribution < 1.29 is 38.5 Å². The third kappa shape index (κ3) is 18.0. The van der Waals surface area contributed by atoms with Gasteiger partial charge in [0, 0.05) is 22.4 Å². The highest BCUT2D eigenvalue weighted by molar-refractivity contribution is 8.07. The van der Waals surface area contributed by atoms with E-state index in [9.17, 15) is 19.2 Å². The van der Waals surface area contributed by atoms with Gasteiger partial charge in [0.1, 0.15) is 6.61 Å². The molecule has 0 radical (unpaired) electrons. The van der Waals surface area contributed by atoms with Crippen LogP contribution < -0.4 is 0 Å². The van der Waals surface area contributed by atoms with E-state index in [0.29, 0.717) is 24.7 Å². The van der Waals surface area contributed by atoms with Crippen LogP contribution in [0, 0.1) is 22.7 Å². The maximum Gasteiger partial charge on any atom is 0.312 e. The first kappa shape index (κ1) is 42.0. The molecule has 1 aromatic rings. The number of carbonyl (C=O) groups is 4. The third-order valence-electron chi connectivity index (χ3n) is 6.29. The molecule has 230 valence electrons. The van der Waals surface area contributed by atoms with E-state index in [0.717, 1.165) is 18.4 Å². The van der Waals surface area contributed by atoms with Crippen molar-refractivity contribution in [1.82, 2.24) is 0 Å². The summed E-state index contributed by atoms with van der Waals surface area (Å²) >= 11 is 7.33. The summed E-state index contributed by atoms with van der Waals surface area (Å²) in [6.45, 7) is 11.8. The van der Waals surface area contributed by atoms with Gasteiger partial charge in [-0.1, -0.05) is 65.5 Å². The van der Waals surface area contributed by atoms with Gasteiger partial charge in [0.2, 0.25) is 0 Å². The monoisotopic (exact) mass is 602 g/mol. The molecule has 8 nitrogen and oxygen atoms in total. The first-order chi connectivity index (χ1) is 18.2. The lowest BCUT2D eigenvalue weighted by Gasteiger charge is -2.27. The predicted molar refractivity (Wildman–Crippen MR) is 163 cm³/mol. The highest BCUT2D eigenvalue weighted by atomic mass is 32.8. The number of aliphatic carboxylic acids is 1. The molecule has 0 aliphatic heterocycles. The molecule has 2 unspecified atom stereocenters. The molecule has 0 aliphatic rings. The van der Waals surface area contributed by atoms with Gasteiger partial charge in [-0.25, -0.2) is 0 Å². The van der Waals surface area contributed by atoms with Crippen LogP contribution in [0.2, 0.25) is 0 Å². The summed E-state index contributed by atoms with van der Waals surface area (Å²) in [5, 5.41) is 9.08. The van der Waals surface area contributed by atoms with Crippen LogP contribution in [0.5, 0.6) is 0 Å². The number of ether oxygens (including phenoxy) is 3. The fourth-order valence-corrected chi connectivity index (χ4v) is 3.43. The molecule has 0 heterocycles. The van der Waals surface area contributed by atoms with Crippen LogP contribution in [0.3, 0.4) is 0 Å². The van der Waals surface area contributed by atoms with Crippen molar-refractivity contribution in [2.24, 2.45) is 22.7 Å². The summed E-state index contributed by atoms with van der Waals surface area (Å²) in [5.41, 5.74) is -0.913. The van der Waals surface area contributed by atoms with E-state index in [-0.39, 0.29) is 38.8 Å². The van der Waals surface area contributed by atoms with Gasteiger partial charge in [-0.05, 0) is 56.9 Å². The summed E-state index contributed by atoms with van der Waals surface area (Å²) in [4.78, 5) is 46.3. The van der Waals surface area contributed by atoms with Gasteiger partial charge in [-0.2, -0.15) is 0 Å². The number of rotatable bonds is 14. The van der Waals surface area contributed by atoms with Crippen LogP contribution >= 0.6 is 0 Å². The lowest BCUT2D eigenvalue weighted by molar-refractivity contribution is -0.162. The Balaban J connectivity index is -0.000000669. The number of hydrogen-bond acceptors (Lipinski definition) is 9. The molecular formula is C30H50O8S2. The average molecular weight is 603 g/mol. The Bertz CT molecular complexity index is 876. The molecule has 1 N–H and O–H groups in total. The van der Waals surface area contributed by atoms with Gasteiger partial charge >= 0.3 is 23.9 Å². The van der Waals surface area contributed by atoms with E-state index < -0.39 is 22.8 Å². The Morgan fingerprint density at radius 3 is 1.57 bits per heavy atom. The van der Waals surface area contributed by atoms with Crippen LogP contribution in [0.1, 0.15) is 93.1 Å². The van der Waals surface area contributed by atoms with Crippen molar-refractivity contribution in [3.05, 3.63) is 35.9 Å². The quantitative estimate of drug-likeness (QED) is 0.188. The van der Waals surface area contributed by atoms with Gasteiger partial charge < -0.3 is 19.3 Å². The Morgan fingerprint density at radius 1 is 0.800 bits per heavy atom. The minimum atomic E-state index is -1.00. The van der Waals surface area contributed by atoms with Crippen LogP contribution in [0.25, 0.3) is 0 Å². The molecule has 0 fully saturated rings. The normalized spacial score (nSPS) is 13.1. The van der Waals surface area contributed by atoms with Crippen LogP contribution in [0.4, 0.5) is 0 Å². The standard InChI is InChI=1S/C18H26O4.C11H20O4.CH4.S2/c1-14(2)10-11-18(3,12-16(19)21-4)17(20)22-13-15-8-6-5-7-9-15;1-8(2)5-6-11(3,10(13)14)7-9(12)15-4;;1-2/h5-9,14H,10-13H2,1-4H3;8H,5-7H2,1-4H3,(H,13,14);1H4;. The predicted octanol–water partition coefficient (Wildman–Crippen LogP) is 6.44. The van der Waals surface area contributed by atoms with Crippen LogP contribution in [-0.2, 0) is 62.4 Å². The molecule has 0 bridgehead atoms. The van der Waals surface area contributed by atoms with Gasteiger partial charge in [0.05, 0.1) is 37.9 Å². The molecule has 0 aromatic heterocycles. The molecule has 0 spiro atoms. The van der Waals surface area contributed by atoms with E-state index in [1.54, 1.807) is 13.8 Å². The first-order valence-corrected chi connectivity index (χ1v) is 14.3. The van der Waals surface area contributed by atoms with E-state index in [1.165, 1.54) is 14.2 Å². The molecule has 10 heteroatoms. The number of benzene rings is 1. The average Bonchev–Trinajstić information content (AvgIpc) is 2.91. The topological polar surface area (TPSA) is 116 Å². The summed E-state index contributed by atoms with van der Waals surface area (Å²) < 4.78 is 14.6. The molecular weight excluding hydrogens is 552 g/mol. The molecule has 0 aliphatic carbocycles. The van der Waals surface area contributed by atoms with Crippen molar-refractivity contribution in [3.8, 4) is 0 Å². The lowest BCUT2D eigenvalue weighted by atomic mass is 9.80. The zero-order chi connectivity index (χ0) is 30.6. The van der Waals surface area contributed by atoms with E-state index >= 15 is 0 Å². The highest BCUT2D eigenvalue weighted by Crippen LogP contribution is 2.32. The second-order valence-electron chi connectivity index (χ2n) is 10.9. The maximum absolute atomic E-state index is 12.5. The van der Waals surface area contributed by atoms with Crippen LogP contribution in [0.15, 0.2) is 30.3 Å². The minimum Gasteiger partial charge on any atom is -0.481 e. The van der Waals surface area contributed by atoms with E-state index in [4.69, 9.17) is 14.6 Å². The third-order valence-corrected chi connectivity index (χ3v) is 6.29. The number of carboxylic acid groups (broad SMARTS) is 1. The zero-order valence-electron chi connectivity index (χ0n) is 24.6. The molecule has 2 atom stereocenters. The first-order valence-electron chi connectivity index (χ1n) is 12.9. The largest absolute Gasteiger partial charge is 0.481 e. The van der Waals surface area contributed by atoms with Crippen molar-refractivity contribution in [2.45, 2.75) is 94.1 Å². The SMILES string of the molecule is C.COC(=O)CC(C)(CCC(C)C)C(=O)O.COC(=O)CC(C)(CCC(C)C)C(=O)OCc1ccccc1.S=S. The van der Waals surface area contributed by atoms with Gasteiger partial charge in [-0.3, -0.25) is 19.2 Å². The molecule has 0 amide bonds. The molecule has 1 aromatic carbocycles. The van der Waals surface area contributed by atoms with Crippen molar-refractivity contribution in [1.29, 1.82) is 0 Å². The Morgan fingerprint density at radius 2 is 1.20 bits per heavy atom. The number of carbonyl (C=O) groups excluding carboxylic acids is 3. The fourth-order valence-electron chi connectivity index (χ4n) is 3.43. The van der Waals surface area contributed by atoms with Crippen molar-refractivity contribution >= 4 is 46.3 Å². The summed E-state index contributed by atoms with van der Waals surface area (Å²) in [6.07, 6.45) is 2.73. The second-order valence-corrected chi connectivity index (χ2v) is 10.9. The second kappa shape index (κ2) is 22.3. The summed E-state index contributed by atoms with van der Waals surface area (Å²) in [5.74, 6) is -1.25. The number of carboxylic acids is 1. The number of esters is 3. The van der Waals surface area contributed by atoms with Crippen LogP contribution in [-0.4, -0.2) is 43.2 Å². The number of hydrogen-bond donors (Lipinski definition) is 1. The lowest BCUT2D eigenvalue weighted by Crippen LogP contribution is -2.33. The Kier molecular flexibility index (Phi) is 23.4. The highest BCUT2D eigenvalue weighted by Gasteiger charge is 2.38. The minimum absolute atomic E-state index is 0. The van der Waals surface area contributed by atoms with Crippen molar-refractivity contribution in [3.63, 3.8) is 0 Å². The molecule has 1 rings (SSSR count). The Hall–Kier alpha value is -2.46. The van der Waals surface area contributed by atoms with E-state index in [1.807, 2.05) is 44.2 Å². The fraction of sp³-hybridized carbons (Fsp3) is 0.667. The molecule has 0 saturated heterocycles. The molecule has 40 heavy (non-hydrogen) atoms. The zero-order valence-corrected chi connectivity index (χ0v) is 26.2. The van der Waals surface area contributed by atoms with Gasteiger partial charge in [0.25, 0.3) is 0 Å². The van der Waals surface area contributed by atoms with Gasteiger partial charge in [0.15, 0.2) is 0 Å². The molecule has 0 saturated carbocycles. The summed E-state index contributed by atoms with van der Waals surface area (Å²) in [7, 11) is 2.60. The van der Waals surface area contributed by atoms with Crippen molar-refractivity contribution in [2.75, 3.05) is 14.2 Å². The van der Waals surface area contributed by atoms with E-state index in [2.05, 4.69) is 41.0 Å². The van der Waals surface area contributed by atoms with Gasteiger partial charge in [-0.15, -0.1) is 0 Å². The summed E-state index contributed by atoms with van der Waals surface area (Å²) in [6, 6.07) is 9.51. The smallest absolute Gasteiger partial charge is 0.312 e.